The van der Waals surface area contributed by atoms with Crippen molar-refractivity contribution in [1.29, 1.82) is 0 Å². The molecule has 0 heterocycles. The van der Waals surface area contributed by atoms with Crippen LogP contribution in [0.25, 0.3) is 0 Å². The molecule has 0 radical (unpaired) electrons. The van der Waals surface area contributed by atoms with Gasteiger partial charge >= 0.3 is 12.1 Å². The predicted octanol–water partition coefficient (Wildman–Crippen LogP) is 4.72. The number of hydrogen-bond donors (Lipinski definition) is 2. The van der Waals surface area contributed by atoms with Crippen molar-refractivity contribution in [3.8, 4) is 5.75 Å². The Morgan fingerprint density at radius 2 is 1.65 bits per heavy atom. The molecular formula is C26H22F3NO6S. The smallest absolute Gasteiger partial charge is 0.416 e. The summed E-state index contributed by atoms with van der Waals surface area (Å²) in [5.41, 5.74) is 6.06. The number of ether oxygens (including phenoxy) is 1. The third kappa shape index (κ3) is 6.98. The van der Waals surface area contributed by atoms with E-state index in [0.717, 1.165) is 18.2 Å². The first-order valence-electron chi connectivity index (χ1n) is 10.8. The lowest BCUT2D eigenvalue weighted by molar-refractivity contribution is -0.138. The van der Waals surface area contributed by atoms with E-state index in [2.05, 4.69) is 0 Å². The van der Waals surface area contributed by atoms with Gasteiger partial charge in [-0.1, -0.05) is 24.3 Å². The Bertz CT molecular complexity index is 1400. The van der Waals surface area contributed by atoms with Crippen molar-refractivity contribution in [2.75, 3.05) is 0 Å². The van der Waals surface area contributed by atoms with Crippen LogP contribution in [-0.2, 0) is 32.2 Å². The average Bonchev–Trinajstić information content (AvgIpc) is 2.86. The van der Waals surface area contributed by atoms with Crippen LogP contribution in [0.15, 0.2) is 94.4 Å². The number of aliphatic carboxylic acids is 1. The zero-order valence-electron chi connectivity index (χ0n) is 19.2. The number of nitrogens with two attached hydrogens (primary N) is 1. The molecule has 0 amide bonds. The molecule has 0 fully saturated rings. The van der Waals surface area contributed by atoms with Gasteiger partial charge in [0.25, 0.3) is 0 Å². The molecule has 194 valence electrons. The maximum absolute atomic E-state index is 12.9. The maximum Gasteiger partial charge on any atom is 0.416 e. The Morgan fingerprint density at radius 3 is 2.22 bits per heavy atom. The van der Waals surface area contributed by atoms with Gasteiger partial charge in [-0.15, -0.1) is 0 Å². The minimum atomic E-state index is -4.58. The molecule has 0 unspecified atom stereocenters. The van der Waals surface area contributed by atoms with Crippen molar-refractivity contribution in [2.45, 2.75) is 34.9 Å². The van der Waals surface area contributed by atoms with Gasteiger partial charge in [0, 0.05) is 11.6 Å². The number of hydrogen-bond acceptors (Lipinski definition) is 6. The number of benzene rings is 3. The van der Waals surface area contributed by atoms with E-state index >= 15 is 0 Å². The molecule has 3 rings (SSSR count). The predicted molar refractivity (Wildman–Crippen MR) is 127 cm³/mol. The van der Waals surface area contributed by atoms with Crippen molar-refractivity contribution < 1.29 is 41.0 Å². The second-order valence-electron chi connectivity index (χ2n) is 7.98. The molecule has 0 aliphatic carbocycles. The van der Waals surface area contributed by atoms with E-state index < -0.39 is 33.5 Å². The Kier molecular flexibility index (Phi) is 8.38. The van der Waals surface area contributed by atoms with E-state index in [1.165, 1.54) is 18.2 Å². The van der Waals surface area contributed by atoms with Crippen LogP contribution in [0.2, 0.25) is 0 Å². The highest BCUT2D eigenvalue weighted by Crippen LogP contribution is 2.31. The van der Waals surface area contributed by atoms with Crippen LogP contribution < -0.4 is 10.5 Å². The van der Waals surface area contributed by atoms with Crippen molar-refractivity contribution in [3.63, 3.8) is 0 Å². The van der Waals surface area contributed by atoms with Crippen LogP contribution in [0.1, 0.15) is 29.0 Å². The van der Waals surface area contributed by atoms with Crippen LogP contribution in [0.4, 0.5) is 13.2 Å². The summed E-state index contributed by atoms with van der Waals surface area (Å²) in [6.07, 6.45) is -3.30. The molecule has 0 bridgehead atoms. The number of halogens is 3. The molecule has 0 aliphatic rings. The fourth-order valence-electron chi connectivity index (χ4n) is 3.52. The molecule has 0 aliphatic heterocycles. The molecule has 11 heteroatoms. The highest BCUT2D eigenvalue weighted by Gasteiger charge is 2.31. The number of sulfone groups is 1. The lowest BCUT2D eigenvalue weighted by Gasteiger charge is -2.16. The topological polar surface area (TPSA) is 124 Å². The molecule has 1 atom stereocenters. The van der Waals surface area contributed by atoms with E-state index in [4.69, 9.17) is 15.6 Å². The summed E-state index contributed by atoms with van der Waals surface area (Å²) in [6.45, 7) is -0.0124. The summed E-state index contributed by atoms with van der Waals surface area (Å²) in [6, 6.07) is 15.5. The highest BCUT2D eigenvalue weighted by atomic mass is 32.2. The van der Waals surface area contributed by atoms with Gasteiger partial charge in [0.05, 0.1) is 21.8 Å². The standard InChI is InChI=1S/C26H22F3NO6S/c27-26(28,29)19-6-10-21(11-7-19)37(34,35)22-3-1-2-17(14-22)16-36-20-8-4-18(5-9-20)23(15-25(32)33)24(30)12-13-31/h1-14,23H,15-16,30H2,(H,32,33)/t23-/m0/s1. The van der Waals surface area contributed by atoms with E-state index in [1.54, 1.807) is 30.3 Å². The summed E-state index contributed by atoms with van der Waals surface area (Å²) in [7, 11) is -4.06. The average molecular weight is 534 g/mol. The van der Waals surface area contributed by atoms with Crippen LogP contribution >= 0.6 is 0 Å². The van der Waals surface area contributed by atoms with Crippen molar-refractivity contribution in [2.24, 2.45) is 5.73 Å². The number of carbonyl (C=O) groups is 2. The molecule has 0 aromatic heterocycles. The third-order valence-electron chi connectivity index (χ3n) is 5.43. The Balaban J connectivity index is 1.74. The van der Waals surface area contributed by atoms with Crippen LogP contribution in [0, 0.1) is 0 Å². The SMILES string of the molecule is NC(=CC=O)[C@@H](CC(=O)O)c1ccc(OCc2cccc(S(=O)(=O)c3ccc(C(F)(F)F)cc3)c2)cc1. The third-order valence-corrected chi connectivity index (χ3v) is 7.20. The van der Waals surface area contributed by atoms with Crippen molar-refractivity contribution >= 4 is 22.1 Å². The largest absolute Gasteiger partial charge is 0.489 e. The number of allylic oxidation sites excluding steroid dienone is 2. The van der Waals surface area contributed by atoms with Crippen molar-refractivity contribution in [1.82, 2.24) is 0 Å². The molecule has 3 N–H and O–H groups in total. The van der Waals surface area contributed by atoms with Gasteiger partial charge in [-0.2, -0.15) is 13.2 Å². The fourth-order valence-corrected chi connectivity index (χ4v) is 4.85. The number of carboxylic acid groups (broad SMARTS) is 1. The Morgan fingerprint density at radius 1 is 1.00 bits per heavy atom. The summed E-state index contributed by atoms with van der Waals surface area (Å²) in [5.74, 6) is -1.38. The second kappa shape index (κ2) is 11.3. The molecule has 0 spiro atoms. The number of rotatable bonds is 10. The first-order chi connectivity index (χ1) is 17.4. The van der Waals surface area contributed by atoms with E-state index in [0.29, 0.717) is 35.3 Å². The molecular weight excluding hydrogens is 511 g/mol. The monoisotopic (exact) mass is 533 g/mol. The first kappa shape index (κ1) is 27.5. The van der Waals surface area contributed by atoms with Gasteiger partial charge in [-0.3, -0.25) is 9.59 Å². The molecule has 3 aromatic carbocycles. The van der Waals surface area contributed by atoms with Gasteiger partial charge < -0.3 is 15.6 Å². The van der Waals surface area contributed by atoms with Crippen molar-refractivity contribution in [3.05, 3.63) is 101 Å². The minimum Gasteiger partial charge on any atom is -0.489 e. The number of alkyl halides is 3. The normalized spacial score (nSPS) is 13.1. The number of aldehydes is 1. The lowest BCUT2D eigenvalue weighted by atomic mass is 9.92. The van der Waals surface area contributed by atoms with Crippen LogP contribution in [-0.4, -0.2) is 25.8 Å². The highest BCUT2D eigenvalue weighted by molar-refractivity contribution is 7.91. The number of carbonyl (C=O) groups excluding carboxylic acids is 1. The van der Waals surface area contributed by atoms with E-state index in [-0.39, 0.29) is 28.5 Å². The second-order valence-corrected chi connectivity index (χ2v) is 9.93. The minimum absolute atomic E-state index is 0.0124. The lowest BCUT2D eigenvalue weighted by Crippen LogP contribution is -2.15. The molecule has 0 saturated carbocycles. The quantitative estimate of drug-likeness (QED) is 0.286. The summed E-state index contributed by atoms with van der Waals surface area (Å²) in [5, 5.41) is 9.14. The number of carboxylic acids is 1. The summed E-state index contributed by atoms with van der Waals surface area (Å²) < 4.78 is 69.9. The van der Waals surface area contributed by atoms with E-state index in [9.17, 15) is 31.2 Å². The van der Waals surface area contributed by atoms with Crippen LogP contribution in [0.5, 0.6) is 5.75 Å². The summed E-state index contributed by atoms with van der Waals surface area (Å²) in [4.78, 5) is 21.5. The van der Waals surface area contributed by atoms with E-state index in [1.807, 2.05) is 0 Å². The zero-order valence-corrected chi connectivity index (χ0v) is 20.0. The first-order valence-corrected chi connectivity index (χ1v) is 12.3. The van der Waals surface area contributed by atoms with Gasteiger partial charge in [-0.05, 0) is 65.7 Å². The maximum atomic E-state index is 12.9. The molecule has 7 nitrogen and oxygen atoms in total. The van der Waals surface area contributed by atoms with Gasteiger partial charge in [0.1, 0.15) is 18.6 Å². The van der Waals surface area contributed by atoms with Gasteiger partial charge in [-0.25, -0.2) is 8.42 Å². The van der Waals surface area contributed by atoms with Gasteiger partial charge in [0.2, 0.25) is 9.84 Å². The molecule has 0 saturated heterocycles. The molecule has 37 heavy (non-hydrogen) atoms. The van der Waals surface area contributed by atoms with Crippen LogP contribution in [0.3, 0.4) is 0 Å². The zero-order chi connectivity index (χ0) is 27.2. The van der Waals surface area contributed by atoms with Gasteiger partial charge in [0.15, 0.2) is 0 Å². The Labute approximate surface area is 210 Å². The summed E-state index contributed by atoms with van der Waals surface area (Å²) >= 11 is 0. The fraction of sp³-hybridized carbons (Fsp3) is 0.154. The Hall–Kier alpha value is -4.12. The molecule has 3 aromatic rings.